The molecule has 26 nitrogen and oxygen atoms in total. The number of likely N-dealkylation sites (N-methyl/N-ethyl adjacent to an activating group) is 1. The Labute approximate surface area is 480 Å². The summed E-state index contributed by atoms with van der Waals surface area (Å²) in [5, 5.41) is 24.5. The Hall–Kier alpha value is -10.5. The molecule has 8 rings (SSSR count). The van der Waals surface area contributed by atoms with Crippen molar-refractivity contribution in [3.63, 3.8) is 0 Å². The summed E-state index contributed by atoms with van der Waals surface area (Å²) < 4.78 is 16.8. The molecule has 0 radical (unpaired) electrons. The van der Waals surface area contributed by atoms with Crippen molar-refractivity contribution in [2.75, 3.05) is 75.0 Å². The zero-order valence-corrected chi connectivity index (χ0v) is 46.3. The maximum absolute atomic E-state index is 14.4. The van der Waals surface area contributed by atoms with Gasteiger partial charge in [0.05, 0.1) is 30.7 Å². The molecule has 438 valence electrons. The highest BCUT2D eigenvalue weighted by Gasteiger charge is 2.32. The van der Waals surface area contributed by atoms with Gasteiger partial charge in [0, 0.05) is 80.0 Å². The highest BCUT2D eigenvalue weighted by molar-refractivity contribution is 6.13. The average Bonchev–Trinajstić information content (AvgIpc) is 2.42. The zero-order chi connectivity index (χ0) is 60.2. The Bertz CT molecular complexity index is 3550. The maximum Gasteiger partial charge on any atom is 0.415 e. The van der Waals surface area contributed by atoms with Crippen molar-refractivity contribution in [3.05, 3.63) is 131 Å². The fourth-order valence-electron chi connectivity index (χ4n) is 9.29. The predicted molar refractivity (Wildman–Crippen MR) is 306 cm³/mol. The van der Waals surface area contributed by atoms with Crippen LogP contribution in [0.15, 0.2) is 103 Å². The number of nitrogens with one attached hydrogen (secondary N) is 6. The van der Waals surface area contributed by atoms with Gasteiger partial charge in [-0.05, 0) is 96.3 Å². The van der Waals surface area contributed by atoms with E-state index in [1.165, 1.54) is 47.3 Å². The molecule has 2 aromatic heterocycles. The third-order valence-electron chi connectivity index (χ3n) is 13.7. The zero-order valence-electron chi connectivity index (χ0n) is 46.3. The van der Waals surface area contributed by atoms with Crippen molar-refractivity contribution in [2.45, 2.75) is 46.3 Å². The first-order valence-corrected chi connectivity index (χ1v) is 26.7. The number of aromatic amines is 1. The Kier molecular flexibility index (Phi) is 19.0. The van der Waals surface area contributed by atoms with Crippen LogP contribution in [-0.2, 0) is 41.7 Å². The minimum absolute atomic E-state index is 0.00197. The third-order valence-corrected chi connectivity index (χ3v) is 13.7. The van der Waals surface area contributed by atoms with Crippen molar-refractivity contribution in [1.82, 2.24) is 40.6 Å². The number of primary amides is 1. The molecule has 4 aromatic carbocycles. The number of ether oxygens (including phenoxy) is 3. The number of urea groups is 1. The van der Waals surface area contributed by atoms with Crippen LogP contribution in [0, 0.1) is 12.8 Å². The number of nitrogens with two attached hydrogens (primary N) is 1. The SMILES string of the molecule is Cc1cccc2c(OC(=O)N(CCCNC(N)=O)CCN(C)C(=O)OCc3ccc(NC(=O)CNC(=O)C(NC(=O)OCCN4C(=O)C=CC4=O)C(C)C)cc3)cc3c(c12)CCN3C(=O)c1cc2cc(NC(=O)c3ccc(O)cc3)cnc2[nH]1. The number of H-pyrrole nitrogens is 1. The Morgan fingerprint density at radius 3 is 2.30 bits per heavy atom. The van der Waals surface area contributed by atoms with Gasteiger partial charge in [-0.15, -0.1) is 0 Å². The molecule has 0 spiro atoms. The number of hydrogen-bond acceptors (Lipinski definition) is 15. The molecule has 1 atom stereocenters. The van der Waals surface area contributed by atoms with Gasteiger partial charge in [-0.2, -0.15) is 0 Å². The summed E-state index contributed by atoms with van der Waals surface area (Å²) in [5.74, 6) is -3.26. The number of benzene rings is 4. The molecule has 6 aromatic rings. The van der Waals surface area contributed by atoms with E-state index in [-0.39, 0.29) is 75.5 Å². The molecule has 0 bridgehead atoms. The van der Waals surface area contributed by atoms with Crippen molar-refractivity contribution >= 4 is 98.6 Å². The first-order valence-electron chi connectivity index (χ1n) is 26.7. The van der Waals surface area contributed by atoms with Gasteiger partial charge in [0.25, 0.3) is 23.6 Å². The number of aromatic nitrogens is 2. The van der Waals surface area contributed by atoms with E-state index in [1.54, 1.807) is 61.2 Å². The Morgan fingerprint density at radius 1 is 0.845 bits per heavy atom. The molecule has 2 aliphatic heterocycles. The van der Waals surface area contributed by atoms with Gasteiger partial charge in [-0.3, -0.25) is 33.7 Å². The molecular weight excluding hydrogens is 1090 g/mol. The minimum atomic E-state index is -1.07. The lowest BCUT2D eigenvalue weighted by molar-refractivity contribution is -0.137. The summed E-state index contributed by atoms with van der Waals surface area (Å²) in [6, 6.07) is 20.9. The van der Waals surface area contributed by atoms with E-state index >= 15 is 0 Å². The topological polar surface area (TPSA) is 346 Å². The molecule has 84 heavy (non-hydrogen) atoms. The van der Waals surface area contributed by atoms with E-state index in [0.29, 0.717) is 57.6 Å². The summed E-state index contributed by atoms with van der Waals surface area (Å²) in [6.45, 7) is 4.76. The highest BCUT2D eigenvalue weighted by Crippen LogP contribution is 2.42. The van der Waals surface area contributed by atoms with Crippen LogP contribution in [0.1, 0.15) is 57.8 Å². The molecule has 0 saturated carbocycles. The lowest BCUT2D eigenvalue weighted by Crippen LogP contribution is -2.51. The molecular formula is C58H62N12O14. The van der Waals surface area contributed by atoms with Crippen LogP contribution in [0.25, 0.3) is 21.8 Å². The molecule has 11 amide bonds. The largest absolute Gasteiger partial charge is 0.508 e. The number of amides is 11. The number of carbonyl (C=O) groups excluding carboxylic acids is 10. The number of fused-ring (bicyclic) bond motifs is 4. The molecule has 26 heteroatoms. The van der Waals surface area contributed by atoms with Gasteiger partial charge in [0.1, 0.15) is 42.1 Å². The summed E-state index contributed by atoms with van der Waals surface area (Å²) in [4.78, 5) is 140. The second kappa shape index (κ2) is 26.8. The van der Waals surface area contributed by atoms with Crippen LogP contribution >= 0.6 is 0 Å². The highest BCUT2D eigenvalue weighted by atomic mass is 16.6. The number of anilines is 3. The molecule has 2 aliphatic rings. The molecule has 0 aliphatic carbocycles. The van der Waals surface area contributed by atoms with Crippen molar-refractivity contribution in [2.24, 2.45) is 11.7 Å². The van der Waals surface area contributed by atoms with Gasteiger partial charge < -0.3 is 71.3 Å². The number of alkyl carbamates (subject to hydrolysis) is 1. The normalized spacial score (nSPS) is 12.9. The molecule has 4 heterocycles. The summed E-state index contributed by atoms with van der Waals surface area (Å²) in [7, 11) is 1.49. The number of aromatic hydroxyl groups is 1. The first kappa shape index (κ1) is 59.6. The summed E-state index contributed by atoms with van der Waals surface area (Å²) in [5.41, 5.74) is 9.92. The Morgan fingerprint density at radius 2 is 1.58 bits per heavy atom. The van der Waals surface area contributed by atoms with Gasteiger partial charge >= 0.3 is 24.3 Å². The average molecular weight is 1150 g/mol. The molecule has 1 unspecified atom stereocenters. The van der Waals surface area contributed by atoms with Crippen molar-refractivity contribution in [3.8, 4) is 11.5 Å². The number of carbonyl (C=O) groups is 10. The van der Waals surface area contributed by atoms with Gasteiger partial charge in [-0.25, -0.2) is 24.2 Å². The summed E-state index contributed by atoms with van der Waals surface area (Å²) >= 11 is 0. The van der Waals surface area contributed by atoms with Crippen LogP contribution < -0.4 is 42.0 Å². The van der Waals surface area contributed by atoms with E-state index in [1.807, 2.05) is 25.1 Å². The molecule has 9 N–H and O–H groups in total. The standard InChI is InChI=1S/C58H62N12O14/c1-33(2)50(66-56(79)82-26-25-70-47(73)17-18-48(70)74)53(76)62-31-46(72)63-38-13-9-35(10-14-38)32-83-57(80)67(4)23-24-68(21-6-20-60-55(59)78)58(81)84-45-29-44-41(49-34(3)7-5-8-42(45)49)19-22-69(44)54(77)43-28-37-27-39(30-61-51(37)65-43)64-52(75)36-11-15-40(71)16-12-36/h5,7-18,27-30,33,50,71H,6,19-26,31-32H2,1-4H3,(H,61,65)(H,62,76)(H,63,72)(H,64,75)(H,66,79)(H3,59,60,78). The number of rotatable bonds is 22. The number of nitrogens with zero attached hydrogens (tertiary/aromatic N) is 5. The smallest absolute Gasteiger partial charge is 0.415 e. The lowest BCUT2D eigenvalue weighted by Gasteiger charge is -2.26. The minimum Gasteiger partial charge on any atom is -0.508 e. The van der Waals surface area contributed by atoms with Crippen molar-refractivity contribution < 1.29 is 67.3 Å². The fourth-order valence-corrected chi connectivity index (χ4v) is 9.29. The van der Waals surface area contributed by atoms with E-state index in [4.69, 9.17) is 19.9 Å². The van der Waals surface area contributed by atoms with Crippen LogP contribution in [0.3, 0.4) is 0 Å². The second-order valence-electron chi connectivity index (χ2n) is 20.0. The number of imide groups is 1. The molecule has 0 fully saturated rings. The fraction of sp³-hybridized carbons (Fsp3) is 0.293. The second-order valence-corrected chi connectivity index (χ2v) is 20.0. The van der Waals surface area contributed by atoms with E-state index in [2.05, 4.69) is 36.6 Å². The lowest BCUT2D eigenvalue weighted by atomic mass is 9.97. The van der Waals surface area contributed by atoms with Crippen LogP contribution in [0.4, 0.5) is 36.2 Å². The Balaban J connectivity index is 0.847. The number of pyridine rings is 1. The number of phenols is 1. The van der Waals surface area contributed by atoms with Crippen LogP contribution in [0.5, 0.6) is 11.5 Å². The third kappa shape index (κ3) is 14.9. The number of aryl methyl sites for hydroxylation is 1. The van der Waals surface area contributed by atoms with Gasteiger partial charge in [0.2, 0.25) is 11.8 Å². The van der Waals surface area contributed by atoms with E-state index in [0.717, 1.165) is 33.6 Å². The number of hydrogen-bond donors (Lipinski definition) is 8. The maximum atomic E-state index is 14.4. The van der Waals surface area contributed by atoms with Gasteiger partial charge in [0.15, 0.2) is 0 Å². The van der Waals surface area contributed by atoms with Crippen LogP contribution in [-0.4, -0.2) is 155 Å². The monoisotopic (exact) mass is 1150 g/mol. The van der Waals surface area contributed by atoms with Crippen LogP contribution in [0.2, 0.25) is 0 Å². The number of phenolic OH excluding ortho intramolecular Hbond substituents is 1. The first-order chi connectivity index (χ1) is 40.2. The van der Waals surface area contributed by atoms with Gasteiger partial charge in [-0.1, -0.05) is 44.2 Å². The predicted octanol–water partition coefficient (Wildman–Crippen LogP) is 5.04. The van der Waals surface area contributed by atoms with E-state index < -0.39 is 72.4 Å². The van der Waals surface area contributed by atoms with Crippen molar-refractivity contribution in [1.29, 1.82) is 0 Å². The quantitative estimate of drug-likeness (QED) is 0.0326. The summed E-state index contributed by atoms with van der Waals surface area (Å²) in [6.07, 6.45) is 2.03. The van der Waals surface area contributed by atoms with E-state index in [9.17, 15) is 53.1 Å². The molecule has 0 saturated heterocycles.